The lowest BCUT2D eigenvalue weighted by atomic mass is 10.2. The smallest absolute Gasteiger partial charge is 0.217 e. The van der Waals surface area contributed by atoms with Gasteiger partial charge in [0, 0.05) is 11.5 Å². The highest BCUT2D eigenvalue weighted by Gasteiger charge is 2.14. The number of fused-ring (bicyclic) bond motifs is 6. The molecule has 0 radical (unpaired) electrons. The Balaban J connectivity index is 1.05. The Hall–Kier alpha value is -2.92. The van der Waals surface area contributed by atoms with E-state index in [2.05, 4.69) is 102 Å². The van der Waals surface area contributed by atoms with Crippen LogP contribution in [0.4, 0.5) is 0 Å². The molecule has 0 amide bonds. The van der Waals surface area contributed by atoms with Crippen molar-refractivity contribution in [1.82, 2.24) is 29.2 Å². The zero-order valence-corrected chi connectivity index (χ0v) is 20.9. The summed E-state index contributed by atoms with van der Waals surface area (Å²) < 4.78 is 6.78. The number of benzene rings is 3. The van der Waals surface area contributed by atoms with Crippen LogP contribution in [-0.2, 0) is 11.5 Å². The number of aromatic nitrogens is 6. The molecule has 0 N–H and O–H groups in total. The molecule has 10 heteroatoms. The third-order valence-electron chi connectivity index (χ3n) is 5.58. The number of hydrogen-bond donors (Lipinski definition) is 0. The Morgan fingerprint density at radius 3 is 1.47 bits per heavy atom. The molecule has 0 aliphatic rings. The number of rotatable bonds is 6. The van der Waals surface area contributed by atoms with E-state index in [0.29, 0.717) is 0 Å². The number of nitrogens with zero attached hydrogens (tertiary/aromatic N) is 6. The van der Waals surface area contributed by atoms with Gasteiger partial charge >= 0.3 is 0 Å². The van der Waals surface area contributed by atoms with Gasteiger partial charge in [-0.05, 0) is 35.4 Å². The van der Waals surface area contributed by atoms with Crippen molar-refractivity contribution in [2.75, 3.05) is 0 Å². The minimum Gasteiger partial charge on any atom is -0.260 e. The van der Waals surface area contributed by atoms with Crippen LogP contribution >= 0.6 is 46.2 Å². The first-order valence-electron chi connectivity index (χ1n) is 10.6. The van der Waals surface area contributed by atoms with Gasteiger partial charge in [-0.15, -0.1) is 20.4 Å². The maximum atomic E-state index is 4.41. The summed E-state index contributed by atoms with van der Waals surface area (Å²) in [6, 6.07) is 25.6. The van der Waals surface area contributed by atoms with E-state index in [1.165, 1.54) is 31.6 Å². The molecule has 0 spiro atoms. The Kier molecular flexibility index (Phi) is 5.04. The topological polar surface area (TPSA) is 60.4 Å². The van der Waals surface area contributed by atoms with E-state index in [4.69, 9.17) is 0 Å². The van der Waals surface area contributed by atoms with Gasteiger partial charge in [-0.25, -0.2) is 0 Å². The number of hydrogen-bond acceptors (Lipinski definition) is 8. The molecule has 0 saturated heterocycles. The summed E-state index contributed by atoms with van der Waals surface area (Å²) in [6.07, 6.45) is 0. The average Bonchev–Trinajstić information content (AvgIpc) is 3.62. The van der Waals surface area contributed by atoms with E-state index < -0.39 is 0 Å². The van der Waals surface area contributed by atoms with Crippen LogP contribution in [0.2, 0.25) is 0 Å². The first-order chi connectivity index (χ1) is 16.8. The highest BCUT2D eigenvalue weighted by molar-refractivity contribution is 7.98. The molecule has 0 bridgehead atoms. The lowest BCUT2D eigenvalue weighted by Crippen LogP contribution is -1.89. The lowest BCUT2D eigenvalue weighted by molar-refractivity contribution is 0.940. The van der Waals surface area contributed by atoms with Gasteiger partial charge in [0.15, 0.2) is 10.3 Å². The SMILES string of the molecule is c1ccc2c(c1)sc1nnc(SCc3ccc(CSc4nnc5sc6ccccc6n45)cc3)n12. The van der Waals surface area contributed by atoms with E-state index in [9.17, 15) is 0 Å². The molecule has 0 saturated carbocycles. The largest absolute Gasteiger partial charge is 0.260 e. The molecule has 7 aromatic rings. The maximum absolute atomic E-state index is 4.41. The summed E-state index contributed by atoms with van der Waals surface area (Å²) in [4.78, 5) is 1.88. The number of para-hydroxylation sites is 2. The molecule has 0 fully saturated rings. The van der Waals surface area contributed by atoms with Gasteiger partial charge in [-0.1, -0.05) is 94.7 Å². The lowest BCUT2D eigenvalue weighted by Gasteiger charge is -2.04. The van der Waals surface area contributed by atoms with Crippen molar-refractivity contribution >= 4 is 76.6 Å². The number of thiazole rings is 2. The van der Waals surface area contributed by atoms with E-state index in [1.807, 2.05) is 0 Å². The van der Waals surface area contributed by atoms with Crippen molar-refractivity contribution in [3.63, 3.8) is 0 Å². The van der Waals surface area contributed by atoms with Crippen molar-refractivity contribution in [2.45, 2.75) is 21.8 Å². The van der Waals surface area contributed by atoms with Crippen molar-refractivity contribution < 1.29 is 0 Å². The maximum Gasteiger partial charge on any atom is 0.217 e. The van der Waals surface area contributed by atoms with E-state index in [1.54, 1.807) is 46.2 Å². The fourth-order valence-electron chi connectivity index (χ4n) is 3.93. The predicted octanol–water partition coefficient (Wildman–Crippen LogP) is 6.79. The van der Waals surface area contributed by atoms with Gasteiger partial charge in [-0.3, -0.25) is 8.80 Å². The van der Waals surface area contributed by atoms with Crippen LogP contribution < -0.4 is 0 Å². The highest BCUT2D eigenvalue weighted by atomic mass is 32.2. The second-order valence-corrected chi connectivity index (χ2v) is 11.6. The summed E-state index contributed by atoms with van der Waals surface area (Å²) in [6.45, 7) is 0. The summed E-state index contributed by atoms with van der Waals surface area (Å²) in [5, 5.41) is 19.4. The highest BCUT2D eigenvalue weighted by Crippen LogP contribution is 2.32. The van der Waals surface area contributed by atoms with Crippen LogP contribution in [0, 0.1) is 0 Å². The van der Waals surface area contributed by atoms with Crippen molar-refractivity contribution in [3.8, 4) is 0 Å². The minimum atomic E-state index is 0.851. The first kappa shape index (κ1) is 20.5. The molecule has 3 aromatic carbocycles. The zero-order valence-electron chi connectivity index (χ0n) is 17.7. The second-order valence-electron chi connectivity index (χ2n) is 7.73. The summed E-state index contributed by atoms with van der Waals surface area (Å²) in [7, 11) is 0. The van der Waals surface area contributed by atoms with Crippen molar-refractivity contribution in [2.24, 2.45) is 0 Å². The Morgan fingerprint density at radius 1 is 0.559 bits per heavy atom. The van der Waals surface area contributed by atoms with E-state index in [-0.39, 0.29) is 0 Å². The molecule has 34 heavy (non-hydrogen) atoms. The molecule has 0 aliphatic carbocycles. The van der Waals surface area contributed by atoms with Gasteiger partial charge < -0.3 is 0 Å². The Morgan fingerprint density at radius 2 is 1.00 bits per heavy atom. The fraction of sp³-hybridized carbons (Fsp3) is 0.0833. The standard InChI is InChI=1S/C24H16N6S4/c1-3-7-19-17(5-1)29-21(25-27-23(29)33-19)31-13-15-9-11-16(12-10-15)14-32-22-26-28-24-30(22)18-6-2-4-8-20(18)34-24/h1-12H,13-14H2. The molecular formula is C24H16N6S4. The normalized spacial score (nSPS) is 12.0. The number of thioether (sulfide) groups is 2. The monoisotopic (exact) mass is 516 g/mol. The minimum absolute atomic E-state index is 0.851. The van der Waals surface area contributed by atoms with Crippen LogP contribution in [0.5, 0.6) is 0 Å². The molecule has 4 aromatic heterocycles. The molecular weight excluding hydrogens is 501 g/mol. The fourth-order valence-corrected chi connectivity index (χ4v) is 7.77. The molecule has 0 aliphatic heterocycles. The third kappa shape index (κ3) is 3.49. The van der Waals surface area contributed by atoms with Crippen LogP contribution in [-0.4, -0.2) is 29.2 Å². The molecule has 4 heterocycles. The Labute approximate surface area is 210 Å². The van der Waals surface area contributed by atoms with E-state index in [0.717, 1.165) is 31.7 Å². The van der Waals surface area contributed by atoms with Gasteiger partial charge in [-0.2, -0.15) is 0 Å². The van der Waals surface area contributed by atoms with Gasteiger partial charge in [0.25, 0.3) is 0 Å². The van der Waals surface area contributed by atoms with Gasteiger partial charge in [0.05, 0.1) is 20.4 Å². The second kappa shape index (κ2) is 8.38. The van der Waals surface area contributed by atoms with Gasteiger partial charge in [0.2, 0.25) is 9.92 Å². The third-order valence-corrected chi connectivity index (χ3v) is 9.61. The molecule has 0 unspecified atom stereocenters. The van der Waals surface area contributed by atoms with Crippen LogP contribution in [0.1, 0.15) is 11.1 Å². The Bertz CT molecular complexity index is 1640. The molecule has 7 rings (SSSR count). The zero-order chi connectivity index (χ0) is 22.5. The summed E-state index contributed by atoms with van der Waals surface area (Å²) in [5.74, 6) is 1.70. The van der Waals surface area contributed by atoms with Crippen molar-refractivity contribution in [1.29, 1.82) is 0 Å². The molecule has 0 atom stereocenters. The molecule has 6 nitrogen and oxygen atoms in total. The quantitative estimate of drug-likeness (QED) is 0.227. The predicted molar refractivity (Wildman–Crippen MR) is 142 cm³/mol. The van der Waals surface area contributed by atoms with Crippen molar-refractivity contribution in [3.05, 3.63) is 83.9 Å². The van der Waals surface area contributed by atoms with Crippen LogP contribution in [0.25, 0.3) is 30.4 Å². The van der Waals surface area contributed by atoms with E-state index >= 15 is 0 Å². The van der Waals surface area contributed by atoms with Gasteiger partial charge in [0.1, 0.15) is 0 Å². The first-order valence-corrected chi connectivity index (χ1v) is 14.2. The summed E-state index contributed by atoms with van der Waals surface area (Å²) >= 11 is 6.79. The molecule has 166 valence electrons. The summed E-state index contributed by atoms with van der Waals surface area (Å²) in [5.41, 5.74) is 4.87. The van der Waals surface area contributed by atoms with Crippen LogP contribution in [0.3, 0.4) is 0 Å². The average molecular weight is 517 g/mol. The van der Waals surface area contributed by atoms with Crippen LogP contribution in [0.15, 0.2) is 83.1 Å².